The van der Waals surface area contributed by atoms with Gasteiger partial charge in [0.05, 0.1) is 36.6 Å². The Bertz CT molecular complexity index is 840. The third-order valence-corrected chi connectivity index (χ3v) is 12.5. The lowest BCUT2D eigenvalue weighted by Gasteiger charge is -2.64. The van der Waals surface area contributed by atoms with Gasteiger partial charge >= 0.3 is 0 Å². The van der Waals surface area contributed by atoms with Crippen LogP contribution in [0.25, 0.3) is 0 Å². The predicted octanol–water partition coefficient (Wildman–Crippen LogP) is 4.39. The second-order valence-corrected chi connectivity index (χ2v) is 13.5. The number of methoxy groups -OCH3 is 1. The summed E-state index contributed by atoms with van der Waals surface area (Å²) in [6.45, 7) is 7.85. The average molecular weight is 476 g/mol. The molecule has 0 aromatic carbocycles. The van der Waals surface area contributed by atoms with Crippen LogP contribution in [0, 0.1) is 34.5 Å². The normalized spacial score (nSPS) is 62.2. The molecule has 0 aromatic rings. The average Bonchev–Trinajstić information content (AvgIpc) is 3.38. The van der Waals surface area contributed by atoms with E-state index in [2.05, 4.69) is 13.8 Å². The maximum Gasteiger partial charge on any atom is 0.169 e. The van der Waals surface area contributed by atoms with Gasteiger partial charge in [0.1, 0.15) is 0 Å². The number of hydrogen-bond donors (Lipinski definition) is 1. The monoisotopic (exact) mass is 475 g/mol. The molecule has 7 fully saturated rings. The molecule has 0 amide bonds. The van der Waals surface area contributed by atoms with E-state index in [1.807, 2.05) is 6.92 Å². The molecule has 13 atom stereocenters. The van der Waals surface area contributed by atoms with Crippen molar-refractivity contribution in [3.63, 3.8) is 0 Å². The van der Waals surface area contributed by atoms with Crippen molar-refractivity contribution in [3.05, 3.63) is 0 Å². The van der Waals surface area contributed by atoms with Gasteiger partial charge in [0.2, 0.25) is 0 Å². The van der Waals surface area contributed by atoms with Gasteiger partial charge in [0, 0.05) is 24.9 Å². The number of hydrogen-bond acceptors (Lipinski definition) is 6. The molecule has 4 saturated carbocycles. The van der Waals surface area contributed by atoms with Gasteiger partial charge in [-0.25, -0.2) is 0 Å². The third-order valence-electron chi connectivity index (χ3n) is 12.5. The molecule has 34 heavy (non-hydrogen) atoms. The molecule has 6 heteroatoms. The molecule has 192 valence electrons. The van der Waals surface area contributed by atoms with Gasteiger partial charge in [0.25, 0.3) is 0 Å². The van der Waals surface area contributed by atoms with Crippen molar-refractivity contribution in [3.8, 4) is 0 Å². The van der Waals surface area contributed by atoms with Crippen molar-refractivity contribution in [1.82, 2.24) is 0 Å². The highest BCUT2D eigenvalue weighted by Gasteiger charge is 2.81. The van der Waals surface area contributed by atoms with Crippen molar-refractivity contribution < 1.29 is 23.7 Å². The Morgan fingerprint density at radius 3 is 2.62 bits per heavy atom. The van der Waals surface area contributed by atoms with Crippen molar-refractivity contribution in [2.24, 2.45) is 40.2 Å². The molecule has 4 aliphatic carbocycles. The van der Waals surface area contributed by atoms with Crippen LogP contribution in [0.15, 0.2) is 0 Å². The quantitative estimate of drug-likeness (QED) is 0.611. The molecule has 0 radical (unpaired) electrons. The van der Waals surface area contributed by atoms with Gasteiger partial charge in [-0.15, -0.1) is 0 Å². The van der Waals surface area contributed by atoms with E-state index >= 15 is 0 Å². The Labute approximate surface area is 204 Å². The molecule has 0 aromatic heterocycles. The van der Waals surface area contributed by atoms with E-state index in [0.717, 1.165) is 31.3 Å². The second kappa shape index (κ2) is 7.41. The van der Waals surface area contributed by atoms with Crippen LogP contribution in [0.1, 0.15) is 85.0 Å². The van der Waals surface area contributed by atoms with Crippen LogP contribution in [0.5, 0.6) is 0 Å². The van der Waals surface area contributed by atoms with Crippen molar-refractivity contribution >= 4 is 0 Å². The fraction of sp³-hybridized carbons (Fsp3) is 1.00. The summed E-state index contributed by atoms with van der Waals surface area (Å²) < 4.78 is 31.6. The maximum absolute atomic E-state index is 7.00. The van der Waals surface area contributed by atoms with Gasteiger partial charge in [-0.1, -0.05) is 6.92 Å². The summed E-state index contributed by atoms with van der Waals surface area (Å²) in [6.07, 6.45) is 12.2. The van der Waals surface area contributed by atoms with E-state index in [9.17, 15) is 0 Å². The first kappa shape index (κ1) is 22.9. The Kier molecular flexibility index (Phi) is 5.00. The fourth-order valence-electron chi connectivity index (χ4n) is 10.8. The summed E-state index contributed by atoms with van der Waals surface area (Å²) in [5.74, 6) is 2.54. The summed E-state index contributed by atoms with van der Waals surface area (Å²) in [5, 5.41) is 0. The summed E-state index contributed by atoms with van der Waals surface area (Å²) in [7, 11) is 1.75. The van der Waals surface area contributed by atoms with Crippen LogP contribution in [0.2, 0.25) is 0 Å². The number of fused-ring (bicyclic) bond motifs is 3. The van der Waals surface area contributed by atoms with Gasteiger partial charge < -0.3 is 29.4 Å². The van der Waals surface area contributed by atoms with E-state index in [-0.39, 0.29) is 42.0 Å². The molecule has 6 nitrogen and oxygen atoms in total. The van der Waals surface area contributed by atoms with Crippen LogP contribution in [0.4, 0.5) is 0 Å². The van der Waals surface area contributed by atoms with E-state index in [0.29, 0.717) is 22.7 Å². The lowest BCUT2D eigenvalue weighted by molar-refractivity contribution is -0.333. The highest BCUT2D eigenvalue weighted by Crippen LogP contribution is 2.78. The summed E-state index contributed by atoms with van der Waals surface area (Å²) in [6, 6.07) is -0.0836. The molecule has 2 N–H and O–H groups in total. The summed E-state index contributed by atoms with van der Waals surface area (Å²) in [5.41, 5.74) is 7.07. The highest BCUT2D eigenvalue weighted by molar-refractivity contribution is 5.26. The molecule has 3 aliphatic heterocycles. The first-order valence-electron chi connectivity index (χ1n) is 14.2. The lowest BCUT2D eigenvalue weighted by atomic mass is 9.43. The molecule has 4 bridgehead atoms. The molecule has 3 heterocycles. The van der Waals surface area contributed by atoms with Crippen molar-refractivity contribution in [2.75, 3.05) is 13.7 Å². The minimum atomic E-state index is -0.309. The zero-order valence-corrected chi connectivity index (χ0v) is 21.6. The van der Waals surface area contributed by atoms with Crippen LogP contribution < -0.4 is 5.73 Å². The predicted molar refractivity (Wildman–Crippen MR) is 127 cm³/mol. The van der Waals surface area contributed by atoms with Crippen LogP contribution >= 0.6 is 0 Å². The topological polar surface area (TPSA) is 72.2 Å². The summed E-state index contributed by atoms with van der Waals surface area (Å²) >= 11 is 0. The Hall–Kier alpha value is -0.240. The molecular formula is C28H45NO5. The van der Waals surface area contributed by atoms with Gasteiger partial charge in [-0.2, -0.15) is 0 Å². The minimum Gasteiger partial charge on any atom is -0.380 e. The van der Waals surface area contributed by atoms with Crippen LogP contribution in [-0.4, -0.2) is 55.7 Å². The fourth-order valence-corrected chi connectivity index (χ4v) is 10.8. The number of rotatable bonds is 3. The van der Waals surface area contributed by atoms with Crippen LogP contribution in [-0.2, 0) is 23.7 Å². The summed E-state index contributed by atoms with van der Waals surface area (Å²) in [4.78, 5) is 0. The Morgan fingerprint density at radius 2 is 1.79 bits per heavy atom. The maximum atomic E-state index is 7.00. The van der Waals surface area contributed by atoms with Crippen molar-refractivity contribution in [1.29, 1.82) is 0 Å². The van der Waals surface area contributed by atoms with Crippen LogP contribution in [0.3, 0.4) is 0 Å². The molecule has 3 saturated heterocycles. The van der Waals surface area contributed by atoms with E-state index in [1.54, 1.807) is 7.11 Å². The highest BCUT2D eigenvalue weighted by atomic mass is 16.7. The van der Waals surface area contributed by atoms with Gasteiger partial charge in [-0.05, 0) is 94.8 Å². The van der Waals surface area contributed by atoms with Gasteiger partial charge in [0.15, 0.2) is 12.1 Å². The molecular weight excluding hydrogens is 430 g/mol. The molecule has 7 aliphatic rings. The van der Waals surface area contributed by atoms with E-state index in [4.69, 9.17) is 29.4 Å². The first-order chi connectivity index (χ1) is 16.2. The van der Waals surface area contributed by atoms with Crippen molar-refractivity contribution in [2.45, 2.75) is 127 Å². The Balaban J connectivity index is 1.07. The Morgan fingerprint density at radius 1 is 0.941 bits per heavy atom. The minimum absolute atomic E-state index is 0.00896. The van der Waals surface area contributed by atoms with E-state index in [1.165, 1.54) is 51.4 Å². The number of ether oxygens (including phenoxy) is 5. The first-order valence-corrected chi connectivity index (χ1v) is 14.2. The standard InChI is InChI=1S/C28H45NO5/c1-16-24(29)21(30-4)14-23(32-16)33-18-7-10-25(2)17(13-18)5-6-20-19(25)8-11-27-15-31-26(3)22(27)9-12-28(20,27)34-26/h16-24H,5-15,29H2,1-4H3/t16-,17-,18-,19-,20+,21+,22+,23-,24-,25-,26-,27-,28-/m0/s1. The molecule has 1 spiro atoms. The smallest absolute Gasteiger partial charge is 0.169 e. The SMILES string of the molecule is CO[C@@H]1C[C@H](O[C@H]2CC[C@@]3(C)[C@@H](CC[C@@H]4[C@@H]3CC[C@@]35CO[C@@]6(C)O[C@@]43CC[C@H]65)C2)O[C@@H](C)[C@@H]1N. The number of nitrogens with two attached hydrogens (primary N) is 1. The third kappa shape index (κ3) is 2.74. The molecule has 0 unspecified atom stereocenters. The largest absolute Gasteiger partial charge is 0.380 e. The zero-order valence-electron chi connectivity index (χ0n) is 21.6. The second-order valence-electron chi connectivity index (χ2n) is 13.5. The lowest BCUT2D eigenvalue weighted by Crippen LogP contribution is -2.64. The van der Waals surface area contributed by atoms with Gasteiger partial charge in [-0.3, -0.25) is 0 Å². The zero-order chi connectivity index (χ0) is 23.5. The molecule has 7 rings (SSSR count). The van der Waals surface area contributed by atoms with E-state index < -0.39 is 0 Å².